The molecule has 0 aromatic heterocycles. The molecule has 232 valence electrons. The molecule has 1 rings (SSSR count). The molecule has 41 heavy (non-hydrogen) atoms. The Bertz CT molecular complexity index is 910. The zero-order chi connectivity index (χ0) is 30.4. The van der Waals surface area contributed by atoms with Crippen LogP contribution in [0.15, 0.2) is 35.2 Å². The van der Waals surface area contributed by atoms with Gasteiger partial charge in [-0.2, -0.15) is 0 Å². The third-order valence-corrected chi connectivity index (χ3v) is 8.27. The fraction of sp³-hybridized carbons (Fsp3) is 0.656. The van der Waals surface area contributed by atoms with E-state index in [4.69, 9.17) is 35.8 Å². The van der Waals surface area contributed by atoms with E-state index in [2.05, 4.69) is 64.8 Å². The number of ether oxygens (including phenoxy) is 5. The Morgan fingerprint density at radius 2 is 1.39 bits per heavy atom. The summed E-state index contributed by atoms with van der Waals surface area (Å²) in [7, 11) is 0. The average molecular weight is 593 g/mol. The molecule has 0 unspecified atom stereocenters. The van der Waals surface area contributed by atoms with E-state index in [0.29, 0.717) is 79.2 Å². The zero-order valence-electron chi connectivity index (χ0n) is 25.8. The second kappa shape index (κ2) is 21.8. The SMILES string of the molecule is C#CCN(C/C=C/c1ccccc1SC(C)(C)C(C)(C)C)C(=O)CCOCCOCCOCCOCCOCCN. The highest BCUT2D eigenvalue weighted by atomic mass is 32.2. The van der Waals surface area contributed by atoms with Gasteiger partial charge in [-0.3, -0.25) is 4.79 Å². The third-order valence-electron chi connectivity index (χ3n) is 6.56. The average Bonchev–Trinajstić information content (AvgIpc) is 2.92. The van der Waals surface area contributed by atoms with Crippen molar-refractivity contribution in [1.82, 2.24) is 4.90 Å². The van der Waals surface area contributed by atoms with Gasteiger partial charge in [-0.15, -0.1) is 18.2 Å². The standard InChI is InChI=1S/C32H52N2O6S/c1-7-16-34(17-10-12-28-11-8-9-13-29(28)41-32(5,6)31(2,3)4)30(35)14-18-36-20-22-38-24-26-40-27-25-39-23-21-37-19-15-33/h1,8-13H,14-27,33H2,2-6H3/b12-10+. The molecule has 0 aliphatic rings. The highest BCUT2D eigenvalue weighted by molar-refractivity contribution is 8.00. The van der Waals surface area contributed by atoms with Gasteiger partial charge in [0.25, 0.3) is 0 Å². The van der Waals surface area contributed by atoms with E-state index in [9.17, 15) is 4.79 Å². The molecule has 0 bridgehead atoms. The zero-order valence-corrected chi connectivity index (χ0v) is 26.6. The number of amides is 1. The first-order valence-electron chi connectivity index (χ1n) is 14.4. The Balaban J connectivity index is 2.27. The number of hydrogen-bond acceptors (Lipinski definition) is 8. The van der Waals surface area contributed by atoms with Crippen LogP contribution in [-0.2, 0) is 28.5 Å². The van der Waals surface area contributed by atoms with Crippen molar-refractivity contribution >= 4 is 23.7 Å². The lowest BCUT2D eigenvalue weighted by atomic mass is 9.83. The normalized spacial score (nSPS) is 12.1. The second-order valence-corrected chi connectivity index (χ2v) is 12.5. The first-order valence-corrected chi connectivity index (χ1v) is 15.2. The molecular formula is C32H52N2O6S. The van der Waals surface area contributed by atoms with Crippen LogP contribution in [0.2, 0.25) is 0 Å². The Morgan fingerprint density at radius 1 is 0.878 bits per heavy atom. The molecule has 0 aliphatic heterocycles. The summed E-state index contributed by atoms with van der Waals surface area (Å²) in [6, 6.07) is 8.35. The number of thioether (sulfide) groups is 1. The van der Waals surface area contributed by atoms with Gasteiger partial charge in [-0.25, -0.2) is 0 Å². The van der Waals surface area contributed by atoms with Gasteiger partial charge >= 0.3 is 0 Å². The van der Waals surface area contributed by atoms with E-state index >= 15 is 0 Å². The Labute approximate surface area is 252 Å². The van der Waals surface area contributed by atoms with E-state index in [1.807, 2.05) is 23.9 Å². The minimum absolute atomic E-state index is 0.0355. The van der Waals surface area contributed by atoms with Gasteiger partial charge in [0.05, 0.1) is 79.0 Å². The van der Waals surface area contributed by atoms with Crippen LogP contribution in [0, 0.1) is 17.8 Å². The lowest BCUT2D eigenvalue weighted by Gasteiger charge is -2.38. The molecule has 0 saturated carbocycles. The summed E-state index contributed by atoms with van der Waals surface area (Å²) in [6.07, 6.45) is 9.87. The molecule has 9 heteroatoms. The third kappa shape index (κ3) is 17.0. The number of hydrogen-bond donors (Lipinski definition) is 1. The summed E-state index contributed by atoms with van der Waals surface area (Å²) in [4.78, 5) is 15.6. The Morgan fingerprint density at radius 3 is 1.90 bits per heavy atom. The second-order valence-electron chi connectivity index (χ2n) is 10.9. The Hall–Kier alpha value is -1.90. The van der Waals surface area contributed by atoms with Crippen LogP contribution in [0.1, 0.15) is 46.6 Å². The summed E-state index contributed by atoms with van der Waals surface area (Å²) in [6.45, 7) is 17.3. The van der Waals surface area contributed by atoms with Gasteiger partial charge in [0, 0.05) is 22.7 Å². The number of carbonyl (C=O) groups is 1. The molecule has 0 radical (unpaired) electrons. The first kappa shape index (κ1) is 37.1. The lowest BCUT2D eigenvalue weighted by Crippen LogP contribution is -2.33. The molecule has 0 aliphatic carbocycles. The van der Waals surface area contributed by atoms with Crippen molar-refractivity contribution in [3.8, 4) is 12.3 Å². The van der Waals surface area contributed by atoms with Crippen LogP contribution in [0.4, 0.5) is 0 Å². The predicted molar refractivity (Wildman–Crippen MR) is 168 cm³/mol. The summed E-state index contributed by atoms with van der Waals surface area (Å²) in [5.41, 5.74) is 6.62. The molecule has 8 nitrogen and oxygen atoms in total. The van der Waals surface area contributed by atoms with Gasteiger partial charge < -0.3 is 34.3 Å². The molecule has 2 N–H and O–H groups in total. The molecule has 1 aromatic carbocycles. The molecule has 0 heterocycles. The number of carbonyl (C=O) groups excluding carboxylic acids is 1. The van der Waals surface area contributed by atoms with Crippen LogP contribution < -0.4 is 5.73 Å². The molecule has 1 aromatic rings. The van der Waals surface area contributed by atoms with Crippen LogP contribution in [0.3, 0.4) is 0 Å². The number of nitrogens with zero attached hydrogens (tertiary/aromatic N) is 1. The number of terminal acetylenes is 1. The maximum Gasteiger partial charge on any atom is 0.225 e. The van der Waals surface area contributed by atoms with Gasteiger partial charge in [0.2, 0.25) is 5.91 Å². The van der Waals surface area contributed by atoms with E-state index in [1.54, 1.807) is 4.90 Å². The van der Waals surface area contributed by atoms with Crippen molar-refractivity contribution < 1.29 is 28.5 Å². The summed E-state index contributed by atoms with van der Waals surface area (Å²) in [5.74, 6) is 2.55. The van der Waals surface area contributed by atoms with E-state index in [-0.39, 0.29) is 29.0 Å². The number of rotatable bonds is 23. The van der Waals surface area contributed by atoms with E-state index in [1.165, 1.54) is 4.90 Å². The minimum atomic E-state index is -0.0355. The molecule has 0 fully saturated rings. The topological polar surface area (TPSA) is 92.5 Å². The van der Waals surface area contributed by atoms with Gasteiger partial charge in [-0.05, 0) is 30.9 Å². The first-order chi connectivity index (χ1) is 19.6. The highest BCUT2D eigenvalue weighted by Crippen LogP contribution is 2.46. The lowest BCUT2D eigenvalue weighted by molar-refractivity contribution is -0.131. The van der Waals surface area contributed by atoms with Crippen molar-refractivity contribution in [2.75, 3.05) is 85.7 Å². The fourth-order valence-corrected chi connectivity index (χ4v) is 4.45. The summed E-state index contributed by atoms with van der Waals surface area (Å²) < 4.78 is 27.2. The van der Waals surface area contributed by atoms with Crippen LogP contribution >= 0.6 is 11.8 Å². The Kier molecular flexibility index (Phi) is 19.7. The number of benzene rings is 1. The van der Waals surface area contributed by atoms with E-state index in [0.717, 1.165) is 5.56 Å². The van der Waals surface area contributed by atoms with Crippen LogP contribution in [0.5, 0.6) is 0 Å². The monoisotopic (exact) mass is 592 g/mol. The molecule has 0 spiro atoms. The predicted octanol–water partition coefficient (Wildman–Crippen LogP) is 4.51. The fourth-order valence-electron chi connectivity index (χ4n) is 3.19. The molecule has 1 amide bonds. The van der Waals surface area contributed by atoms with Crippen molar-refractivity contribution in [2.45, 2.75) is 50.7 Å². The van der Waals surface area contributed by atoms with Gasteiger partial charge in [0.1, 0.15) is 0 Å². The summed E-state index contributed by atoms with van der Waals surface area (Å²) in [5, 5.41) is 0. The van der Waals surface area contributed by atoms with Crippen LogP contribution in [-0.4, -0.2) is 101 Å². The smallest absolute Gasteiger partial charge is 0.225 e. The van der Waals surface area contributed by atoms with Crippen molar-refractivity contribution in [2.24, 2.45) is 11.1 Å². The minimum Gasteiger partial charge on any atom is -0.379 e. The maximum absolute atomic E-state index is 12.7. The van der Waals surface area contributed by atoms with Crippen molar-refractivity contribution in [3.63, 3.8) is 0 Å². The van der Waals surface area contributed by atoms with Crippen LogP contribution in [0.25, 0.3) is 6.08 Å². The molecular weight excluding hydrogens is 540 g/mol. The number of nitrogens with two attached hydrogens (primary N) is 1. The summed E-state index contributed by atoms with van der Waals surface area (Å²) >= 11 is 1.87. The quantitative estimate of drug-likeness (QED) is 0.113. The van der Waals surface area contributed by atoms with Gasteiger partial charge in [0.15, 0.2) is 0 Å². The maximum atomic E-state index is 12.7. The van der Waals surface area contributed by atoms with Crippen molar-refractivity contribution in [3.05, 3.63) is 35.9 Å². The largest absolute Gasteiger partial charge is 0.379 e. The van der Waals surface area contributed by atoms with Crippen molar-refractivity contribution in [1.29, 1.82) is 0 Å². The molecule has 0 atom stereocenters. The van der Waals surface area contributed by atoms with E-state index < -0.39 is 0 Å². The highest BCUT2D eigenvalue weighted by Gasteiger charge is 2.34. The molecule has 0 saturated heterocycles. The van der Waals surface area contributed by atoms with Gasteiger partial charge in [-0.1, -0.05) is 57.0 Å².